The van der Waals surface area contributed by atoms with E-state index in [1.807, 2.05) is 0 Å². The molecule has 0 radical (unpaired) electrons. The Morgan fingerprint density at radius 3 is 3.25 bits per heavy atom. The first kappa shape index (κ1) is 10.1. The van der Waals surface area contributed by atoms with Crippen LogP contribution in [0.5, 0.6) is 0 Å². The third-order valence-electron chi connectivity index (χ3n) is 3.06. The van der Waals surface area contributed by atoms with Gasteiger partial charge in [-0.1, -0.05) is 6.07 Å². The van der Waals surface area contributed by atoms with Gasteiger partial charge in [0.2, 0.25) is 0 Å². The van der Waals surface area contributed by atoms with Crippen LogP contribution in [0.25, 0.3) is 0 Å². The number of thiophene rings is 1. The van der Waals surface area contributed by atoms with Crippen LogP contribution < -0.4 is 5.32 Å². The molecule has 0 bridgehead atoms. The summed E-state index contributed by atoms with van der Waals surface area (Å²) < 4.78 is 0. The van der Waals surface area contributed by atoms with Gasteiger partial charge >= 0.3 is 0 Å². The summed E-state index contributed by atoms with van der Waals surface area (Å²) in [4.78, 5) is 1.38. The summed E-state index contributed by atoms with van der Waals surface area (Å²) in [5.74, 6) is 0. The van der Waals surface area contributed by atoms with E-state index in [2.05, 4.69) is 33.0 Å². The predicted molar refractivity (Wildman–Crippen MR) is 65.5 cm³/mol. The van der Waals surface area contributed by atoms with E-state index >= 15 is 0 Å². The Balaban J connectivity index is 1.58. The van der Waals surface area contributed by atoms with Crippen LogP contribution in [-0.2, 0) is 25.9 Å². The first-order valence-electron chi connectivity index (χ1n) is 5.71. The molecule has 0 aromatic carbocycles. The highest BCUT2D eigenvalue weighted by Crippen LogP contribution is 2.22. The van der Waals surface area contributed by atoms with E-state index in [9.17, 15) is 0 Å². The van der Waals surface area contributed by atoms with Gasteiger partial charge in [-0.3, -0.25) is 5.10 Å². The third kappa shape index (κ3) is 1.90. The normalized spacial score (nSPS) is 14.2. The number of nitrogens with one attached hydrogen (secondary N) is 2. The van der Waals surface area contributed by atoms with Crippen LogP contribution in [0.15, 0.2) is 17.5 Å². The van der Waals surface area contributed by atoms with Gasteiger partial charge in [0.05, 0.1) is 5.69 Å². The van der Waals surface area contributed by atoms with Gasteiger partial charge in [-0.15, -0.1) is 11.3 Å². The molecule has 1 aliphatic carbocycles. The summed E-state index contributed by atoms with van der Waals surface area (Å²) in [6, 6.07) is 4.25. The number of hydrogen-bond donors (Lipinski definition) is 2. The van der Waals surface area contributed by atoms with E-state index in [1.165, 1.54) is 41.1 Å². The number of hydrogen-bond acceptors (Lipinski definition) is 3. The van der Waals surface area contributed by atoms with Gasteiger partial charge < -0.3 is 5.32 Å². The van der Waals surface area contributed by atoms with Gasteiger partial charge in [0.25, 0.3) is 0 Å². The average Bonchev–Trinajstić information content (AvgIpc) is 2.95. The highest BCUT2D eigenvalue weighted by Gasteiger charge is 2.17. The van der Waals surface area contributed by atoms with Crippen molar-refractivity contribution in [2.24, 2.45) is 0 Å². The number of nitrogens with zero attached hydrogens (tertiary/aromatic N) is 1. The van der Waals surface area contributed by atoms with Crippen LogP contribution in [0, 0.1) is 0 Å². The van der Waals surface area contributed by atoms with Gasteiger partial charge in [0.15, 0.2) is 0 Å². The van der Waals surface area contributed by atoms with Crippen molar-refractivity contribution in [1.29, 1.82) is 0 Å². The maximum absolute atomic E-state index is 4.37. The van der Waals surface area contributed by atoms with E-state index in [-0.39, 0.29) is 0 Å². The van der Waals surface area contributed by atoms with Crippen molar-refractivity contribution < 1.29 is 0 Å². The third-order valence-corrected chi connectivity index (χ3v) is 3.94. The van der Waals surface area contributed by atoms with Crippen molar-refractivity contribution in [3.63, 3.8) is 0 Å². The lowest BCUT2D eigenvalue weighted by Crippen LogP contribution is -2.13. The van der Waals surface area contributed by atoms with E-state index in [0.717, 1.165) is 13.1 Å². The molecule has 2 heterocycles. The predicted octanol–water partition coefficient (Wildman–Crippen LogP) is 2.25. The molecule has 0 saturated carbocycles. The molecular weight excluding hydrogens is 218 g/mol. The molecule has 3 rings (SSSR count). The number of aryl methyl sites for hydroxylation is 1. The van der Waals surface area contributed by atoms with Crippen molar-refractivity contribution in [2.75, 3.05) is 0 Å². The van der Waals surface area contributed by atoms with Gasteiger partial charge in [0.1, 0.15) is 0 Å². The molecule has 84 valence electrons. The molecule has 3 nitrogen and oxygen atoms in total. The maximum Gasteiger partial charge on any atom is 0.0794 e. The van der Waals surface area contributed by atoms with Crippen LogP contribution in [0.2, 0.25) is 0 Å². The number of H-pyrrole nitrogens is 1. The lowest BCUT2D eigenvalue weighted by atomic mass is 10.2. The van der Waals surface area contributed by atoms with Gasteiger partial charge in [-0.25, -0.2) is 0 Å². The SMILES string of the molecule is c1csc(CNCc2n[nH]c3c2CCC3)c1. The van der Waals surface area contributed by atoms with Gasteiger partial charge in [0, 0.05) is 23.7 Å². The van der Waals surface area contributed by atoms with Gasteiger partial charge in [-0.2, -0.15) is 5.10 Å². The highest BCUT2D eigenvalue weighted by molar-refractivity contribution is 7.09. The first-order chi connectivity index (χ1) is 7.93. The van der Waals surface area contributed by atoms with Crippen molar-refractivity contribution >= 4 is 11.3 Å². The number of aromatic nitrogens is 2. The van der Waals surface area contributed by atoms with E-state index < -0.39 is 0 Å². The van der Waals surface area contributed by atoms with Crippen molar-refractivity contribution in [2.45, 2.75) is 32.4 Å². The average molecular weight is 233 g/mol. The molecule has 0 unspecified atom stereocenters. The molecule has 0 atom stereocenters. The standard InChI is InChI=1S/C12H15N3S/c1-4-10-11(5-1)14-15-12(10)8-13-7-9-3-2-6-16-9/h2-3,6,13H,1,4-5,7-8H2,(H,14,15). The highest BCUT2D eigenvalue weighted by atomic mass is 32.1. The van der Waals surface area contributed by atoms with Crippen molar-refractivity contribution in [3.8, 4) is 0 Å². The van der Waals surface area contributed by atoms with Crippen LogP contribution in [0.1, 0.15) is 28.2 Å². The summed E-state index contributed by atoms with van der Waals surface area (Å²) in [6.45, 7) is 1.82. The molecule has 16 heavy (non-hydrogen) atoms. The monoisotopic (exact) mass is 233 g/mol. The molecular formula is C12H15N3S. The molecule has 2 aromatic rings. The quantitative estimate of drug-likeness (QED) is 0.850. The molecule has 0 saturated heterocycles. The molecule has 0 spiro atoms. The first-order valence-corrected chi connectivity index (χ1v) is 6.59. The minimum atomic E-state index is 0.879. The van der Waals surface area contributed by atoms with Crippen LogP contribution >= 0.6 is 11.3 Å². The lowest BCUT2D eigenvalue weighted by molar-refractivity contribution is 0.676. The molecule has 1 aliphatic rings. The van der Waals surface area contributed by atoms with Crippen LogP contribution in [0.3, 0.4) is 0 Å². The van der Waals surface area contributed by atoms with Crippen LogP contribution in [-0.4, -0.2) is 10.2 Å². The fourth-order valence-electron chi connectivity index (χ4n) is 2.25. The zero-order chi connectivity index (χ0) is 10.8. The Morgan fingerprint density at radius 2 is 2.38 bits per heavy atom. The Labute approximate surface area is 98.9 Å². The topological polar surface area (TPSA) is 40.7 Å². The number of aromatic amines is 1. The minimum absolute atomic E-state index is 0.879. The minimum Gasteiger partial charge on any atom is -0.306 e. The van der Waals surface area contributed by atoms with Crippen molar-refractivity contribution in [3.05, 3.63) is 39.3 Å². The van der Waals surface area contributed by atoms with E-state index in [1.54, 1.807) is 11.3 Å². The summed E-state index contributed by atoms with van der Waals surface area (Å²) >= 11 is 1.79. The molecule has 4 heteroatoms. The zero-order valence-electron chi connectivity index (χ0n) is 9.12. The summed E-state index contributed by atoms with van der Waals surface area (Å²) in [5.41, 5.74) is 4.02. The largest absolute Gasteiger partial charge is 0.306 e. The fraction of sp³-hybridized carbons (Fsp3) is 0.417. The number of fused-ring (bicyclic) bond motifs is 1. The van der Waals surface area contributed by atoms with Gasteiger partial charge in [-0.05, 0) is 36.3 Å². The molecule has 0 amide bonds. The summed E-state index contributed by atoms with van der Waals surface area (Å²) in [6.07, 6.45) is 3.65. The molecule has 2 aromatic heterocycles. The zero-order valence-corrected chi connectivity index (χ0v) is 9.94. The van der Waals surface area contributed by atoms with Crippen LogP contribution in [0.4, 0.5) is 0 Å². The summed E-state index contributed by atoms with van der Waals surface area (Å²) in [5, 5.41) is 13.1. The fourth-order valence-corrected chi connectivity index (χ4v) is 2.93. The lowest BCUT2D eigenvalue weighted by Gasteiger charge is -2.01. The molecule has 0 fully saturated rings. The second kappa shape index (κ2) is 4.39. The van der Waals surface area contributed by atoms with Crippen molar-refractivity contribution in [1.82, 2.24) is 15.5 Å². The molecule has 2 N–H and O–H groups in total. The molecule has 0 aliphatic heterocycles. The Morgan fingerprint density at radius 1 is 1.38 bits per heavy atom. The summed E-state index contributed by atoms with van der Waals surface area (Å²) in [7, 11) is 0. The van der Waals surface area contributed by atoms with E-state index in [4.69, 9.17) is 0 Å². The smallest absolute Gasteiger partial charge is 0.0794 e. The second-order valence-electron chi connectivity index (χ2n) is 4.16. The maximum atomic E-state index is 4.37. The number of rotatable bonds is 4. The second-order valence-corrected chi connectivity index (χ2v) is 5.20. The Kier molecular flexibility index (Phi) is 2.76. The Hall–Kier alpha value is -1.13. The van der Waals surface area contributed by atoms with E-state index in [0.29, 0.717) is 0 Å². The Bertz CT molecular complexity index is 459.